The lowest BCUT2D eigenvalue weighted by atomic mass is 10.0. The van der Waals surface area contributed by atoms with Gasteiger partial charge in [-0.1, -0.05) is 24.4 Å². The first kappa shape index (κ1) is 15.2. The topological polar surface area (TPSA) is 95.1 Å². The quantitative estimate of drug-likeness (QED) is 0.611. The molecule has 0 bridgehead atoms. The lowest BCUT2D eigenvalue weighted by Gasteiger charge is -2.03. The molecule has 1 saturated carbocycles. The Morgan fingerprint density at radius 3 is 2.55 bits per heavy atom. The van der Waals surface area contributed by atoms with Gasteiger partial charge in [0, 0.05) is 12.2 Å². The Hall–Kier alpha value is -1.15. The van der Waals surface area contributed by atoms with Gasteiger partial charge in [-0.2, -0.15) is 5.10 Å². The van der Waals surface area contributed by atoms with E-state index in [2.05, 4.69) is 5.10 Å². The van der Waals surface area contributed by atoms with Crippen LogP contribution in [0, 0.1) is 10.1 Å². The van der Waals surface area contributed by atoms with Crippen molar-refractivity contribution in [2.24, 2.45) is 0 Å². The third-order valence-corrected chi connectivity index (χ3v) is 4.79. The van der Waals surface area contributed by atoms with Gasteiger partial charge >= 0.3 is 5.69 Å². The van der Waals surface area contributed by atoms with E-state index < -0.39 is 14.8 Å². The fourth-order valence-electron chi connectivity index (χ4n) is 2.49. The molecule has 0 atom stereocenters. The first-order valence-electron chi connectivity index (χ1n) is 6.38. The second-order valence-corrected chi connectivity index (χ2v) is 7.73. The van der Waals surface area contributed by atoms with E-state index in [1.54, 1.807) is 0 Å². The van der Waals surface area contributed by atoms with E-state index in [9.17, 15) is 18.5 Å². The van der Waals surface area contributed by atoms with Crippen molar-refractivity contribution in [1.82, 2.24) is 9.78 Å². The summed E-state index contributed by atoms with van der Waals surface area (Å²) in [5.41, 5.74) is 0.220. The summed E-state index contributed by atoms with van der Waals surface area (Å²) in [5, 5.41) is 15.3. The van der Waals surface area contributed by atoms with E-state index in [4.69, 9.17) is 11.6 Å². The van der Waals surface area contributed by atoms with Crippen molar-refractivity contribution in [3.05, 3.63) is 21.0 Å². The summed E-state index contributed by atoms with van der Waals surface area (Å²) in [6.45, 7) is 0.0330. The van der Waals surface area contributed by atoms with Gasteiger partial charge in [0.05, 0.1) is 17.2 Å². The lowest BCUT2D eigenvalue weighted by molar-refractivity contribution is -0.385. The number of aryl methyl sites for hydroxylation is 1. The van der Waals surface area contributed by atoms with Crippen LogP contribution in [-0.2, 0) is 16.4 Å². The summed E-state index contributed by atoms with van der Waals surface area (Å²) < 4.78 is 23.6. The Bertz CT molecular complexity index is 620. The standard InChI is InChI=1S/C11H16ClN3O4S/c1-20(18,19)7-6-14-11(12)10(15(16)17)9(13-14)8-4-2-3-5-8/h8H,2-7H2,1H3. The van der Waals surface area contributed by atoms with Crippen LogP contribution in [0.4, 0.5) is 5.69 Å². The predicted octanol–water partition coefficient (Wildman–Crippen LogP) is 2.15. The van der Waals surface area contributed by atoms with E-state index in [1.807, 2.05) is 0 Å². The number of nitro groups is 1. The molecular formula is C11H16ClN3O4S. The third-order valence-electron chi connectivity index (χ3n) is 3.49. The number of rotatable bonds is 5. The SMILES string of the molecule is CS(=O)(=O)CCn1nc(C2CCCC2)c([N+](=O)[O-])c1Cl. The zero-order valence-corrected chi connectivity index (χ0v) is 12.7. The van der Waals surface area contributed by atoms with E-state index in [1.165, 1.54) is 4.68 Å². The summed E-state index contributed by atoms with van der Waals surface area (Å²) in [5.74, 6) is -0.0947. The van der Waals surface area contributed by atoms with Crippen molar-refractivity contribution in [2.75, 3.05) is 12.0 Å². The minimum Gasteiger partial charge on any atom is -0.258 e. The Kier molecular flexibility index (Phi) is 4.33. The molecule has 9 heteroatoms. The van der Waals surface area contributed by atoms with Gasteiger partial charge in [0.1, 0.15) is 15.5 Å². The van der Waals surface area contributed by atoms with Crippen molar-refractivity contribution in [3.8, 4) is 0 Å². The Morgan fingerprint density at radius 1 is 1.45 bits per heavy atom. The van der Waals surface area contributed by atoms with Crippen LogP contribution in [0.3, 0.4) is 0 Å². The van der Waals surface area contributed by atoms with Crippen LogP contribution in [-0.4, -0.2) is 35.1 Å². The molecular weight excluding hydrogens is 306 g/mol. The maximum atomic E-state index is 11.2. The van der Waals surface area contributed by atoms with Crippen LogP contribution in [0.1, 0.15) is 37.3 Å². The van der Waals surface area contributed by atoms with Crippen molar-refractivity contribution in [2.45, 2.75) is 38.1 Å². The number of hydrogen-bond donors (Lipinski definition) is 0. The number of halogens is 1. The molecule has 0 N–H and O–H groups in total. The number of nitrogens with zero attached hydrogens (tertiary/aromatic N) is 3. The fourth-order valence-corrected chi connectivity index (χ4v) is 3.29. The second-order valence-electron chi connectivity index (χ2n) is 5.12. The third kappa shape index (κ3) is 3.29. The van der Waals surface area contributed by atoms with Gasteiger partial charge in [-0.25, -0.2) is 13.1 Å². The van der Waals surface area contributed by atoms with Crippen molar-refractivity contribution in [3.63, 3.8) is 0 Å². The van der Waals surface area contributed by atoms with Gasteiger partial charge in [-0.05, 0) is 12.8 Å². The van der Waals surface area contributed by atoms with E-state index in [0.29, 0.717) is 5.69 Å². The average molecular weight is 322 g/mol. The Morgan fingerprint density at radius 2 is 2.05 bits per heavy atom. The maximum absolute atomic E-state index is 11.2. The van der Waals surface area contributed by atoms with Crippen molar-refractivity contribution in [1.29, 1.82) is 0 Å². The van der Waals surface area contributed by atoms with Crippen LogP contribution in [0.15, 0.2) is 0 Å². The molecule has 1 fully saturated rings. The molecule has 1 aliphatic carbocycles. The zero-order chi connectivity index (χ0) is 14.9. The molecule has 0 amide bonds. The summed E-state index contributed by atoms with van der Waals surface area (Å²) in [4.78, 5) is 10.6. The first-order valence-corrected chi connectivity index (χ1v) is 8.82. The van der Waals surface area contributed by atoms with Gasteiger partial charge < -0.3 is 0 Å². The van der Waals surface area contributed by atoms with E-state index in [0.717, 1.165) is 31.9 Å². The minimum atomic E-state index is -3.17. The van der Waals surface area contributed by atoms with Crippen LogP contribution in [0.2, 0.25) is 5.15 Å². The fraction of sp³-hybridized carbons (Fsp3) is 0.727. The number of hydrogen-bond acceptors (Lipinski definition) is 5. The van der Waals surface area contributed by atoms with Crippen LogP contribution in [0.25, 0.3) is 0 Å². The summed E-state index contributed by atoms with van der Waals surface area (Å²) in [7, 11) is -3.17. The Balaban J connectivity index is 2.34. The number of sulfone groups is 1. The number of aromatic nitrogens is 2. The Labute approximate surface area is 122 Å². The molecule has 112 valence electrons. The molecule has 0 aromatic carbocycles. The van der Waals surface area contributed by atoms with Gasteiger partial charge in [-0.3, -0.25) is 10.1 Å². The molecule has 1 aromatic rings. The molecule has 0 spiro atoms. The summed E-state index contributed by atoms with van der Waals surface area (Å²) in [6, 6.07) is 0. The van der Waals surface area contributed by atoms with E-state index >= 15 is 0 Å². The van der Waals surface area contributed by atoms with Gasteiger partial charge in [-0.15, -0.1) is 0 Å². The summed E-state index contributed by atoms with van der Waals surface area (Å²) in [6.07, 6.45) is 4.88. The first-order chi connectivity index (χ1) is 9.29. The summed E-state index contributed by atoms with van der Waals surface area (Å²) >= 11 is 6.00. The smallest absolute Gasteiger partial charge is 0.258 e. The molecule has 0 saturated heterocycles. The van der Waals surface area contributed by atoms with Crippen molar-refractivity contribution >= 4 is 27.1 Å². The molecule has 0 aliphatic heterocycles. The van der Waals surface area contributed by atoms with Crippen LogP contribution < -0.4 is 0 Å². The maximum Gasteiger partial charge on any atom is 0.329 e. The molecule has 1 aliphatic rings. The van der Waals surface area contributed by atoms with E-state index in [-0.39, 0.29) is 29.1 Å². The second kappa shape index (κ2) is 5.69. The monoisotopic (exact) mass is 321 g/mol. The van der Waals surface area contributed by atoms with Crippen LogP contribution >= 0.6 is 11.6 Å². The molecule has 2 rings (SSSR count). The lowest BCUT2D eigenvalue weighted by Crippen LogP contribution is -2.12. The highest BCUT2D eigenvalue weighted by atomic mass is 35.5. The molecule has 0 radical (unpaired) electrons. The highest BCUT2D eigenvalue weighted by Gasteiger charge is 2.33. The highest BCUT2D eigenvalue weighted by molar-refractivity contribution is 7.90. The van der Waals surface area contributed by atoms with Crippen molar-refractivity contribution < 1.29 is 13.3 Å². The molecule has 1 heterocycles. The molecule has 7 nitrogen and oxygen atoms in total. The van der Waals surface area contributed by atoms with Gasteiger partial charge in [0.15, 0.2) is 0 Å². The van der Waals surface area contributed by atoms with Gasteiger partial charge in [0.25, 0.3) is 0 Å². The minimum absolute atomic E-state index is 0.0330. The average Bonchev–Trinajstić information content (AvgIpc) is 2.92. The molecule has 0 unspecified atom stereocenters. The molecule has 1 aromatic heterocycles. The normalized spacial score (nSPS) is 16.7. The zero-order valence-electron chi connectivity index (χ0n) is 11.1. The largest absolute Gasteiger partial charge is 0.329 e. The predicted molar refractivity (Wildman–Crippen MR) is 74.8 cm³/mol. The highest BCUT2D eigenvalue weighted by Crippen LogP contribution is 2.40. The van der Waals surface area contributed by atoms with Crippen LogP contribution in [0.5, 0.6) is 0 Å². The van der Waals surface area contributed by atoms with Gasteiger partial charge in [0.2, 0.25) is 5.15 Å². The molecule has 20 heavy (non-hydrogen) atoms.